The summed E-state index contributed by atoms with van der Waals surface area (Å²) in [6.45, 7) is 0. The first-order chi connectivity index (χ1) is 3.65. The van der Waals surface area contributed by atoms with Gasteiger partial charge in [0, 0.05) is 7.05 Å². The summed E-state index contributed by atoms with van der Waals surface area (Å²) >= 11 is 0. The van der Waals surface area contributed by atoms with Crippen molar-refractivity contribution in [1.82, 2.24) is 5.48 Å². The summed E-state index contributed by atoms with van der Waals surface area (Å²) in [6, 6.07) is 0. The molecule has 0 unspecified atom stereocenters. The van der Waals surface area contributed by atoms with Crippen molar-refractivity contribution >= 4 is 0 Å². The highest BCUT2D eigenvalue weighted by molar-refractivity contribution is 3.83. The molecule has 0 heterocycles. The van der Waals surface area contributed by atoms with Crippen LogP contribution in [0.5, 0.6) is 0 Å². The topological polar surface area (TPSA) is 84.6 Å². The molecule has 0 fully saturated rings. The van der Waals surface area contributed by atoms with Crippen LogP contribution in [0.15, 0.2) is 0 Å². The minimum atomic E-state index is -1.50. The van der Waals surface area contributed by atoms with Crippen LogP contribution >= 0.6 is 0 Å². The number of nitrogens with one attached hydrogen (secondary N) is 1. The summed E-state index contributed by atoms with van der Waals surface area (Å²) in [4.78, 5) is 12.7. The molecule has 8 heavy (non-hydrogen) atoms. The molecule has 50 valence electrons. The summed E-state index contributed by atoms with van der Waals surface area (Å²) in [6.07, 6.45) is 0. The van der Waals surface area contributed by atoms with Crippen molar-refractivity contribution in [2.45, 2.75) is 0 Å². The number of hydroxylamine groups is 1. The molecule has 0 aromatic rings. The SMILES string of the molecule is CNOC.O=[N+]([O-])O. The minimum Gasteiger partial charge on any atom is -0.328 e. The van der Waals surface area contributed by atoms with Crippen molar-refractivity contribution in [3.8, 4) is 0 Å². The third kappa shape index (κ3) is 6040. The van der Waals surface area contributed by atoms with Crippen LogP contribution in [0.25, 0.3) is 0 Å². The van der Waals surface area contributed by atoms with E-state index in [1.165, 1.54) is 0 Å². The fraction of sp³-hybridized carbons (Fsp3) is 1.00. The molecule has 0 bridgehead atoms. The molecule has 0 saturated carbocycles. The Balaban J connectivity index is 0. The van der Waals surface area contributed by atoms with Gasteiger partial charge in [-0.1, -0.05) is 0 Å². The normalized spacial score (nSPS) is 6.75. The van der Waals surface area contributed by atoms with E-state index < -0.39 is 5.09 Å². The Bertz CT molecular complexity index is 50.0. The lowest BCUT2D eigenvalue weighted by molar-refractivity contribution is -0.742. The standard InChI is InChI=1S/C2H7NO.HNO3/c1-3-4-2;2-1(3)4/h3H,1-2H3;(H,2,3,4). The van der Waals surface area contributed by atoms with Crippen molar-refractivity contribution in [3.05, 3.63) is 10.1 Å². The zero-order valence-corrected chi connectivity index (χ0v) is 4.62. The van der Waals surface area contributed by atoms with Crippen LogP contribution in [0.4, 0.5) is 0 Å². The number of nitrogens with zero attached hydrogens (tertiary/aromatic N) is 1. The Morgan fingerprint density at radius 2 is 2.00 bits per heavy atom. The maximum absolute atomic E-state index is 8.36. The van der Waals surface area contributed by atoms with Crippen LogP contribution < -0.4 is 5.48 Å². The first kappa shape index (κ1) is 10.2. The molecular formula is C2H8N2O4. The van der Waals surface area contributed by atoms with E-state index in [4.69, 9.17) is 15.3 Å². The van der Waals surface area contributed by atoms with E-state index in [1.807, 2.05) is 0 Å². The summed E-state index contributed by atoms with van der Waals surface area (Å²) in [5.41, 5.74) is 2.43. The summed E-state index contributed by atoms with van der Waals surface area (Å²) in [7, 11) is 3.28. The minimum absolute atomic E-state index is 1.50. The average molecular weight is 124 g/mol. The van der Waals surface area contributed by atoms with Crippen LogP contribution in [0.2, 0.25) is 0 Å². The van der Waals surface area contributed by atoms with Crippen molar-refractivity contribution in [2.75, 3.05) is 14.2 Å². The molecule has 0 aromatic carbocycles. The predicted octanol–water partition coefficient (Wildman–Crippen LogP) is -0.580. The van der Waals surface area contributed by atoms with Gasteiger partial charge in [0.15, 0.2) is 0 Å². The van der Waals surface area contributed by atoms with Gasteiger partial charge in [-0.25, -0.2) is 5.48 Å². The molecule has 0 radical (unpaired) electrons. The average Bonchev–Trinajstić information content (AvgIpc) is 1.65. The lowest BCUT2D eigenvalue weighted by Crippen LogP contribution is -2.00. The van der Waals surface area contributed by atoms with Crippen molar-refractivity contribution < 1.29 is 15.1 Å². The second-order valence-corrected chi connectivity index (χ2v) is 0.646. The molecule has 0 aliphatic rings. The van der Waals surface area contributed by atoms with E-state index in [9.17, 15) is 0 Å². The number of rotatable bonds is 1. The zero-order chi connectivity index (χ0) is 6.99. The van der Waals surface area contributed by atoms with Crippen LogP contribution in [0.3, 0.4) is 0 Å². The summed E-state index contributed by atoms with van der Waals surface area (Å²) in [5, 5.41) is 13.6. The van der Waals surface area contributed by atoms with Crippen molar-refractivity contribution in [1.29, 1.82) is 0 Å². The van der Waals surface area contributed by atoms with Crippen LogP contribution in [-0.4, -0.2) is 24.5 Å². The molecule has 0 aliphatic heterocycles. The van der Waals surface area contributed by atoms with E-state index in [1.54, 1.807) is 14.2 Å². The smallest absolute Gasteiger partial charge is 0.291 e. The second kappa shape index (κ2) is 9.45. The molecule has 6 heteroatoms. The lowest BCUT2D eigenvalue weighted by Gasteiger charge is -1.80. The van der Waals surface area contributed by atoms with Crippen LogP contribution in [0, 0.1) is 10.1 Å². The van der Waals surface area contributed by atoms with Crippen molar-refractivity contribution in [3.63, 3.8) is 0 Å². The predicted molar refractivity (Wildman–Crippen MR) is 24.8 cm³/mol. The van der Waals surface area contributed by atoms with Gasteiger partial charge in [-0.15, -0.1) is 10.1 Å². The molecule has 0 atom stereocenters. The van der Waals surface area contributed by atoms with Crippen LogP contribution in [-0.2, 0) is 4.84 Å². The molecular weight excluding hydrogens is 116 g/mol. The van der Waals surface area contributed by atoms with E-state index in [0.717, 1.165) is 0 Å². The van der Waals surface area contributed by atoms with E-state index in [2.05, 4.69) is 10.3 Å². The molecule has 0 rings (SSSR count). The van der Waals surface area contributed by atoms with Gasteiger partial charge >= 0.3 is 0 Å². The largest absolute Gasteiger partial charge is 0.328 e. The van der Waals surface area contributed by atoms with E-state index in [0.29, 0.717) is 0 Å². The monoisotopic (exact) mass is 124 g/mol. The lowest BCUT2D eigenvalue weighted by atomic mass is 11.5. The fourth-order valence-electron chi connectivity index (χ4n) is 0. The van der Waals surface area contributed by atoms with E-state index >= 15 is 0 Å². The maximum Gasteiger partial charge on any atom is 0.291 e. The Morgan fingerprint density at radius 3 is 2.00 bits per heavy atom. The van der Waals surface area contributed by atoms with Gasteiger partial charge in [-0.3, -0.25) is 0 Å². The molecule has 0 amide bonds. The molecule has 0 aromatic heterocycles. The Hall–Kier alpha value is -0.880. The highest BCUT2D eigenvalue weighted by atomic mass is 16.9. The number of hydrogen-bond acceptors (Lipinski definition) is 4. The molecule has 0 aliphatic carbocycles. The van der Waals surface area contributed by atoms with Gasteiger partial charge in [0.2, 0.25) is 0 Å². The summed E-state index contributed by atoms with van der Waals surface area (Å²) < 4.78 is 0. The fourth-order valence-corrected chi connectivity index (χ4v) is 0. The van der Waals surface area contributed by atoms with Gasteiger partial charge in [0.25, 0.3) is 5.09 Å². The van der Waals surface area contributed by atoms with Gasteiger partial charge in [-0.2, -0.15) is 0 Å². The maximum atomic E-state index is 8.36. The molecule has 0 spiro atoms. The Morgan fingerprint density at radius 1 is 1.88 bits per heavy atom. The Kier molecular flexibility index (Phi) is 12.0. The van der Waals surface area contributed by atoms with Gasteiger partial charge in [-0.05, 0) is 0 Å². The van der Waals surface area contributed by atoms with Crippen molar-refractivity contribution in [2.24, 2.45) is 0 Å². The third-order valence-electron chi connectivity index (χ3n) is 0.204. The highest BCUT2D eigenvalue weighted by Gasteiger charge is 1.65. The summed E-state index contributed by atoms with van der Waals surface area (Å²) in [5.74, 6) is 0. The highest BCUT2D eigenvalue weighted by Crippen LogP contribution is 1.38. The van der Waals surface area contributed by atoms with E-state index in [-0.39, 0.29) is 0 Å². The third-order valence-corrected chi connectivity index (χ3v) is 0.204. The second-order valence-electron chi connectivity index (χ2n) is 0.646. The van der Waals surface area contributed by atoms with Gasteiger partial charge < -0.3 is 10.0 Å². The molecule has 2 N–H and O–H groups in total. The Labute approximate surface area is 46.1 Å². The number of hydrogen-bond donors (Lipinski definition) is 2. The van der Waals surface area contributed by atoms with Gasteiger partial charge in [0.05, 0.1) is 7.11 Å². The molecule has 0 saturated heterocycles. The van der Waals surface area contributed by atoms with Crippen LogP contribution in [0.1, 0.15) is 0 Å². The quantitative estimate of drug-likeness (QED) is 0.361. The first-order valence-corrected chi connectivity index (χ1v) is 1.68. The zero-order valence-electron chi connectivity index (χ0n) is 4.62. The molecule has 6 nitrogen and oxygen atoms in total. The first-order valence-electron chi connectivity index (χ1n) is 1.68. The van der Waals surface area contributed by atoms with Gasteiger partial charge in [0.1, 0.15) is 0 Å².